The fourth-order valence-corrected chi connectivity index (χ4v) is 4.88. The molecule has 0 radical (unpaired) electrons. The van der Waals surface area contributed by atoms with Crippen LogP contribution in [-0.2, 0) is 19.0 Å². The van der Waals surface area contributed by atoms with E-state index >= 15 is 0 Å². The number of phenols is 4. The largest absolute Gasteiger partial charge is 0.508 e. The number of aliphatic hydroxyl groups excluding tert-OH is 6. The first-order valence-electron chi connectivity index (χ1n) is 13.1. The molecule has 3 aromatic rings. The summed E-state index contributed by atoms with van der Waals surface area (Å²) in [5.41, 5.74) is -1.49. The van der Waals surface area contributed by atoms with Gasteiger partial charge in [-0.3, -0.25) is 4.79 Å². The van der Waals surface area contributed by atoms with Crippen molar-refractivity contribution in [3.8, 4) is 40.1 Å². The highest BCUT2D eigenvalue weighted by Gasteiger charge is 2.50. The van der Waals surface area contributed by atoms with Crippen LogP contribution in [0.15, 0.2) is 39.5 Å². The van der Waals surface area contributed by atoms with Gasteiger partial charge < -0.3 is 79.5 Å². The third-order valence-corrected chi connectivity index (χ3v) is 7.30. The molecule has 18 heteroatoms. The lowest BCUT2D eigenvalue weighted by atomic mass is 9.98. The quantitative estimate of drug-likeness (QED) is 0.118. The number of benzene rings is 2. The van der Waals surface area contributed by atoms with Crippen molar-refractivity contribution in [2.45, 2.75) is 61.4 Å². The van der Waals surface area contributed by atoms with Crippen LogP contribution in [0, 0.1) is 0 Å². The van der Waals surface area contributed by atoms with E-state index in [-0.39, 0.29) is 11.1 Å². The van der Waals surface area contributed by atoms with Crippen molar-refractivity contribution in [2.75, 3.05) is 6.61 Å². The molecule has 10 atom stereocenters. The highest BCUT2D eigenvalue weighted by molar-refractivity contribution is 5.88. The Kier molecular flexibility index (Phi) is 8.77. The Balaban J connectivity index is 1.47. The lowest BCUT2D eigenvalue weighted by molar-refractivity contribution is -0.318. The standard InChI is InChI=1S/C27H28O18/c28-8-4-11(31)14-12(5-8)42-22(7-1-2-9(29)10(30)3-7)23(16(14)33)44-27-21(38)17(34)15(32)13(43-27)6-41-26-20(37)18(35)19(36)24(45-26)25(39)40/h1-5,13,15,17-21,24,26-32,34-38H,6H2,(H,39,40)/t13-,15-,17+,18+,19+,20-,21-,24+,26+,27-/m0/s1. The van der Waals surface area contributed by atoms with E-state index < -0.39 is 119 Å². The summed E-state index contributed by atoms with van der Waals surface area (Å²) in [5, 5.41) is 111. The number of hydrogen-bond acceptors (Lipinski definition) is 17. The first kappa shape index (κ1) is 32.2. The summed E-state index contributed by atoms with van der Waals surface area (Å²) in [6.07, 6.45) is -19.4. The zero-order valence-electron chi connectivity index (χ0n) is 22.6. The maximum atomic E-state index is 13.6. The molecule has 11 N–H and O–H groups in total. The molecule has 0 amide bonds. The van der Waals surface area contributed by atoms with Gasteiger partial charge in [-0.2, -0.15) is 0 Å². The van der Waals surface area contributed by atoms with Gasteiger partial charge in [0.05, 0.1) is 6.61 Å². The average molecular weight is 641 g/mol. The predicted octanol–water partition coefficient (Wildman–Crippen LogP) is -2.62. The number of carboxylic acid groups (broad SMARTS) is 1. The van der Waals surface area contributed by atoms with Crippen LogP contribution in [0.4, 0.5) is 0 Å². The van der Waals surface area contributed by atoms with Crippen LogP contribution in [0.1, 0.15) is 0 Å². The second kappa shape index (κ2) is 12.3. The van der Waals surface area contributed by atoms with Crippen LogP contribution in [0.3, 0.4) is 0 Å². The van der Waals surface area contributed by atoms with Gasteiger partial charge in [0.15, 0.2) is 29.7 Å². The topological polar surface area (TPSA) is 307 Å². The molecule has 3 heterocycles. The van der Waals surface area contributed by atoms with Gasteiger partial charge in [-0.15, -0.1) is 0 Å². The second-order valence-electron chi connectivity index (χ2n) is 10.3. The number of carbonyl (C=O) groups is 1. The summed E-state index contributed by atoms with van der Waals surface area (Å²) in [7, 11) is 0. The van der Waals surface area contributed by atoms with Crippen molar-refractivity contribution in [1.82, 2.24) is 0 Å². The van der Waals surface area contributed by atoms with E-state index in [9.17, 15) is 65.8 Å². The van der Waals surface area contributed by atoms with Gasteiger partial charge in [-0.05, 0) is 18.2 Å². The fourth-order valence-electron chi connectivity index (χ4n) is 4.88. The monoisotopic (exact) mass is 640 g/mol. The molecule has 45 heavy (non-hydrogen) atoms. The fraction of sp³-hybridized carbons (Fsp3) is 0.407. The van der Waals surface area contributed by atoms with Crippen molar-refractivity contribution in [1.29, 1.82) is 0 Å². The van der Waals surface area contributed by atoms with E-state index in [0.717, 1.165) is 24.3 Å². The molecule has 0 spiro atoms. The number of hydrogen-bond donors (Lipinski definition) is 11. The van der Waals surface area contributed by atoms with Gasteiger partial charge >= 0.3 is 5.97 Å². The SMILES string of the molecule is O=C(O)[C@@H]1O[C@@H](OC[C@@H]2O[C@@H](Oc3c(-c4ccc(O)c(O)c4)oc4cc(O)cc(O)c4c3=O)[C@@H](O)[C@H](O)[C@H]2O)[C@@H](O)[C@H](O)[C@H]1O. The van der Waals surface area contributed by atoms with E-state index in [1.807, 2.05) is 0 Å². The van der Waals surface area contributed by atoms with E-state index in [1.165, 1.54) is 6.07 Å². The molecule has 18 nitrogen and oxygen atoms in total. The zero-order valence-corrected chi connectivity index (χ0v) is 22.6. The maximum Gasteiger partial charge on any atom is 0.335 e. The maximum absolute atomic E-state index is 13.6. The minimum atomic E-state index is -2.05. The number of aliphatic hydroxyl groups is 6. The number of ether oxygens (including phenoxy) is 4. The average Bonchev–Trinajstić information content (AvgIpc) is 2.98. The molecule has 1 aromatic heterocycles. The van der Waals surface area contributed by atoms with Crippen LogP contribution in [0.25, 0.3) is 22.3 Å². The molecule has 0 unspecified atom stereocenters. The van der Waals surface area contributed by atoms with Crippen LogP contribution in [0.2, 0.25) is 0 Å². The third-order valence-electron chi connectivity index (χ3n) is 7.30. The van der Waals surface area contributed by atoms with Crippen molar-refractivity contribution < 1.29 is 84.3 Å². The Labute approximate surface area is 250 Å². The van der Waals surface area contributed by atoms with Gasteiger partial charge in [0.25, 0.3) is 0 Å². The molecule has 2 aliphatic rings. The number of aromatic hydroxyl groups is 4. The lowest BCUT2D eigenvalue weighted by Crippen LogP contribution is -2.62. The van der Waals surface area contributed by atoms with Crippen molar-refractivity contribution >= 4 is 16.9 Å². The normalized spacial score (nSPS) is 32.0. The van der Waals surface area contributed by atoms with E-state index in [4.69, 9.17) is 23.4 Å². The zero-order chi connectivity index (χ0) is 32.9. The molecular formula is C27H28O18. The summed E-state index contributed by atoms with van der Waals surface area (Å²) in [4.78, 5) is 24.9. The van der Waals surface area contributed by atoms with Gasteiger partial charge in [0, 0.05) is 17.7 Å². The lowest BCUT2D eigenvalue weighted by Gasteiger charge is -2.42. The second-order valence-corrected chi connectivity index (χ2v) is 10.3. The van der Waals surface area contributed by atoms with Gasteiger partial charge in [-0.1, -0.05) is 0 Å². The Morgan fingerprint density at radius 1 is 0.756 bits per heavy atom. The van der Waals surface area contributed by atoms with Crippen LogP contribution in [0.5, 0.6) is 28.7 Å². The van der Waals surface area contributed by atoms with Gasteiger partial charge in [-0.25, -0.2) is 4.79 Å². The molecule has 2 fully saturated rings. The summed E-state index contributed by atoms with van der Waals surface area (Å²) < 4.78 is 27.2. The van der Waals surface area contributed by atoms with Crippen LogP contribution >= 0.6 is 0 Å². The number of fused-ring (bicyclic) bond motifs is 1. The Hall–Kier alpha value is -4.24. The highest BCUT2D eigenvalue weighted by atomic mass is 16.7. The van der Waals surface area contributed by atoms with Crippen molar-refractivity contribution in [3.63, 3.8) is 0 Å². The highest BCUT2D eigenvalue weighted by Crippen LogP contribution is 2.39. The first-order chi connectivity index (χ1) is 21.2. The van der Waals surface area contributed by atoms with Gasteiger partial charge in [0.1, 0.15) is 65.2 Å². The molecular weight excluding hydrogens is 612 g/mol. The smallest absolute Gasteiger partial charge is 0.335 e. The molecule has 0 aliphatic carbocycles. The molecule has 5 rings (SSSR count). The molecule has 2 aromatic carbocycles. The van der Waals surface area contributed by atoms with E-state index in [1.54, 1.807) is 0 Å². The summed E-state index contributed by atoms with van der Waals surface area (Å²) in [5.74, 6) is -5.28. The molecule has 244 valence electrons. The number of carboxylic acids is 1. The molecule has 2 saturated heterocycles. The first-order valence-corrected chi connectivity index (χ1v) is 13.1. The predicted molar refractivity (Wildman–Crippen MR) is 142 cm³/mol. The van der Waals surface area contributed by atoms with E-state index in [0.29, 0.717) is 0 Å². The Morgan fingerprint density at radius 3 is 2.09 bits per heavy atom. The van der Waals surface area contributed by atoms with Crippen LogP contribution < -0.4 is 10.2 Å². The number of rotatable bonds is 7. The minimum absolute atomic E-state index is 0.0786. The van der Waals surface area contributed by atoms with Gasteiger partial charge in [0.2, 0.25) is 17.5 Å². The summed E-state index contributed by atoms with van der Waals surface area (Å²) in [6.45, 7) is -0.799. The van der Waals surface area contributed by atoms with Crippen LogP contribution in [-0.4, -0.2) is 130 Å². The van der Waals surface area contributed by atoms with Crippen molar-refractivity contribution in [2.24, 2.45) is 0 Å². The molecule has 2 aliphatic heterocycles. The number of phenolic OH excluding ortho intramolecular Hbond substituents is 4. The Bertz CT molecular complexity index is 1640. The summed E-state index contributed by atoms with van der Waals surface area (Å²) >= 11 is 0. The Morgan fingerprint density at radius 2 is 1.42 bits per heavy atom. The molecule has 0 saturated carbocycles. The summed E-state index contributed by atoms with van der Waals surface area (Å²) in [6, 6.07) is 5.06. The van der Waals surface area contributed by atoms with Crippen molar-refractivity contribution in [3.05, 3.63) is 40.6 Å². The number of aliphatic carboxylic acids is 1. The van der Waals surface area contributed by atoms with E-state index in [2.05, 4.69) is 0 Å². The minimum Gasteiger partial charge on any atom is -0.508 e. The third kappa shape index (κ3) is 5.93. The molecule has 0 bridgehead atoms.